The lowest BCUT2D eigenvalue weighted by molar-refractivity contribution is 0.100. The highest BCUT2D eigenvalue weighted by Gasteiger charge is 2.27. The van der Waals surface area contributed by atoms with Crippen LogP contribution in [0.1, 0.15) is 53.4 Å². The molecule has 6 nitrogen and oxygen atoms in total. The molecule has 0 saturated carbocycles. The van der Waals surface area contributed by atoms with E-state index in [4.69, 9.17) is 15.2 Å². The molecule has 1 amide bonds. The summed E-state index contributed by atoms with van der Waals surface area (Å²) in [5.41, 5.74) is 9.97. The molecular weight excluding hydrogens is 366 g/mol. The van der Waals surface area contributed by atoms with Gasteiger partial charge in [0.2, 0.25) is 0 Å². The van der Waals surface area contributed by atoms with E-state index in [9.17, 15) is 4.79 Å². The van der Waals surface area contributed by atoms with Crippen LogP contribution in [-0.4, -0.2) is 44.0 Å². The molecule has 0 heterocycles. The number of amides is 1. The van der Waals surface area contributed by atoms with E-state index in [-0.39, 0.29) is 5.84 Å². The summed E-state index contributed by atoms with van der Waals surface area (Å²) in [6.45, 7) is 4.79. The minimum Gasteiger partial charge on any atom is -0.490 e. The van der Waals surface area contributed by atoms with Gasteiger partial charge in [-0.1, -0.05) is 18.2 Å². The molecule has 1 aliphatic carbocycles. The highest BCUT2D eigenvalue weighted by molar-refractivity contribution is 6.09. The van der Waals surface area contributed by atoms with Gasteiger partial charge in [-0.2, -0.15) is 4.99 Å². The maximum Gasteiger partial charge on any atom is 0.279 e. The van der Waals surface area contributed by atoms with Crippen molar-refractivity contribution in [2.45, 2.75) is 32.7 Å². The van der Waals surface area contributed by atoms with E-state index >= 15 is 0 Å². The van der Waals surface area contributed by atoms with Crippen LogP contribution in [0.4, 0.5) is 0 Å². The number of benzene rings is 2. The van der Waals surface area contributed by atoms with Crippen molar-refractivity contribution in [1.82, 2.24) is 4.90 Å². The average molecular weight is 396 g/mol. The highest BCUT2D eigenvalue weighted by atomic mass is 16.5. The number of hydrogen-bond donors (Lipinski definition) is 1. The Bertz CT molecular complexity index is 922. The van der Waals surface area contributed by atoms with E-state index in [1.54, 1.807) is 18.2 Å². The zero-order chi connectivity index (χ0) is 21.0. The third kappa shape index (κ3) is 4.43. The number of aliphatic imine (C=N–C) groups is 1. The summed E-state index contributed by atoms with van der Waals surface area (Å²) in [5, 5.41) is 0. The maximum absolute atomic E-state index is 12.8. The lowest BCUT2D eigenvalue weighted by Crippen LogP contribution is -2.19. The number of rotatable bonds is 7. The Morgan fingerprint density at radius 2 is 1.86 bits per heavy atom. The number of nitrogens with zero attached hydrogens (tertiary/aromatic N) is 2. The van der Waals surface area contributed by atoms with Gasteiger partial charge in [-0.3, -0.25) is 4.79 Å². The molecule has 0 bridgehead atoms. The van der Waals surface area contributed by atoms with Gasteiger partial charge in [-0.15, -0.1) is 0 Å². The maximum atomic E-state index is 12.8. The molecule has 3 rings (SSSR count). The Balaban J connectivity index is 1.90. The summed E-state index contributed by atoms with van der Waals surface area (Å²) in [6.07, 6.45) is 1.97. The van der Waals surface area contributed by atoms with Crippen LogP contribution in [0.15, 0.2) is 41.4 Å². The van der Waals surface area contributed by atoms with E-state index in [1.807, 2.05) is 26.0 Å². The van der Waals surface area contributed by atoms with Gasteiger partial charge in [0, 0.05) is 17.2 Å². The average Bonchev–Trinajstić information content (AvgIpc) is 3.14. The second-order valence-electron chi connectivity index (χ2n) is 7.22. The Labute approximate surface area is 172 Å². The van der Waals surface area contributed by atoms with Gasteiger partial charge in [0.25, 0.3) is 5.91 Å². The summed E-state index contributed by atoms with van der Waals surface area (Å²) in [5.74, 6) is 0.992. The summed E-state index contributed by atoms with van der Waals surface area (Å²) < 4.78 is 11.2. The first kappa shape index (κ1) is 20.9. The molecule has 0 aromatic heterocycles. The summed E-state index contributed by atoms with van der Waals surface area (Å²) in [6, 6.07) is 11.5. The molecule has 0 radical (unpaired) electrons. The monoisotopic (exact) mass is 395 g/mol. The van der Waals surface area contributed by atoms with Gasteiger partial charge in [-0.05, 0) is 70.1 Å². The molecule has 2 N–H and O–H groups in total. The quantitative estimate of drug-likeness (QED) is 0.573. The number of nitrogens with two attached hydrogens (primary N) is 1. The zero-order valence-corrected chi connectivity index (χ0v) is 17.6. The number of fused-ring (bicyclic) bond motifs is 1. The van der Waals surface area contributed by atoms with E-state index in [2.05, 4.69) is 30.1 Å². The van der Waals surface area contributed by atoms with Gasteiger partial charge in [0.05, 0.1) is 13.2 Å². The fourth-order valence-electron chi connectivity index (χ4n) is 3.83. The Kier molecular flexibility index (Phi) is 6.54. The molecule has 2 aromatic rings. The molecular formula is C23H29N3O3. The number of carbonyl (C=O) groups is 1. The SMILES string of the molecule is CCOc1ccc(C(=O)N=C(N)c2cccc3c2CCC3N(C)C)cc1OCC. The van der Waals surface area contributed by atoms with Crippen LogP contribution in [0.25, 0.3) is 0 Å². The van der Waals surface area contributed by atoms with Crippen molar-refractivity contribution in [1.29, 1.82) is 0 Å². The third-order valence-corrected chi connectivity index (χ3v) is 5.15. The normalized spacial score (nSPS) is 16.0. The highest BCUT2D eigenvalue weighted by Crippen LogP contribution is 2.36. The molecule has 154 valence electrons. The summed E-state index contributed by atoms with van der Waals surface area (Å²) in [7, 11) is 4.16. The first-order valence-electron chi connectivity index (χ1n) is 10.0. The fraction of sp³-hybridized carbons (Fsp3) is 0.391. The first-order valence-corrected chi connectivity index (χ1v) is 10.0. The van der Waals surface area contributed by atoms with Gasteiger partial charge in [-0.25, -0.2) is 0 Å². The van der Waals surface area contributed by atoms with Crippen LogP contribution in [0.3, 0.4) is 0 Å². The first-order chi connectivity index (χ1) is 14.0. The van der Waals surface area contributed by atoms with Gasteiger partial charge >= 0.3 is 0 Å². The predicted octanol–water partition coefficient (Wildman–Crippen LogP) is 3.58. The van der Waals surface area contributed by atoms with E-state index in [1.165, 1.54) is 11.1 Å². The molecule has 0 spiro atoms. The molecule has 6 heteroatoms. The number of carbonyl (C=O) groups excluding carboxylic acids is 1. The van der Waals surface area contributed by atoms with Crippen molar-refractivity contribution in [2.75, 3.05) is 27.3 Å². The Morgan fingerprint density at radius 1 is 1.14 bits per heavy atom. The zero-order valence-electron chi connectivity index (χ0n) is 17.6. The Morgan fingerprint density at radius 3 is 2.55 bits per heavy atom. The van der Waals surface area contributed by atoms with E-state index in [0.29, 0.717) is 36.3 Å². The van der Waals surface area contributed by atoms with Crippen molar-refractivity contribution in [3.05, 3.63) is 58.7 Å². The second kappa shape index (κ2) is 9.09. The van der Waals surface area contributed by atoms with Crippen molar-refractivity contribution in [2.24, 2.45) is 10.7 Å². The van der Waals surface area contributed by atoms with Crippen LogP contribution in [0, 0.1) is 0 Å². The minimum absolute atomic E-state index is 0.248. The largest absolute Gasteiger partial charge is 0.490 e. The number of ether oxygens (including phenoxy) is 2. The molecule has 0 fully saturated rings. The molecule has 0 saturated heterocycles. The van der Waals surface area contributed by atoms with Crippen molar-refractivity contribution < 1.29 is 14.3 Å². The molecule has 1 aliphatic rings. The van der Waals surface area contributed by atoms with Crippen LogP contribution in [0.5, 0.6) is 11.5 Å². The van der Waals surface area contributed by atoms with Crippen LogP contribution in [-0.2, 0) is 6.42 Å². The lowest BCUT2D eigenvalue weighted by atomic mass is 10.0. The summed E-state index contributed by atoms with van der Waals surface area (Å²) in [4.78, 5) is 19.2. The van der Waals surface area contributed by atoms with Gasteiger partial charge < -0.3 is 20.1 Å². The fourth-order valence-corrected chi connectivity index (χ4v) is 3.83. The van der Waals surface area contributed by atoms with Gasteiger partial charge in [0.1, 0.15) is 5.84 Å². The standard InChI is InChI=1S/C23H29N3O3/c1-5-28-20-13-10-15(14-21(20)29-6-2)23(27)25-22(24)18-9-7-8-17-16(18)11-12-19(17)26(3)4/h7-10,13-14,19H,5-6,11-12H2,1-4H3,(H2,24,25,27). The van der Waals surface area contributed by atoms with Crippen LogP contribution >= 0.6 is 0 Å². The number of hydrogen-bond acceptors (Lipinski definition) is 4. The van der Waals surface area contributed by atoms with Crippen molar-refractivity contribution >= 4 is 11.7 Å². The predicted molar refractivity (Wildman–Crippen MR) is 115 cm³/mol. The minimum atomic E-state index is -0.397. The van der Waals surface area contributed by atoms with E-state index in [0.717, 1.165) is 18.4 Å². The summed E-state index contributed by atoms with van der Waals surface area (Å²) >= 11 is 0. The van der Waals surface area contributed by atoms with E-state index < -0.39 is 5.91 Å². The topological polar surface area (TPSA) is 77.1 Å². The van der Waals surface area contributed by atoms with Gasteiger partial charge in [0.15, 0.2) is 11.5 Å². The Hall–Kier alpha value is -2.86. The third-order valence-electron chi connectivity index (χ3n) is 5.15. The molecule has 2 aromatic carbocycles. The van der Waals surface area contributed by atoms with Crippen LogP contribution in [0.2, 0.25) is 0 Å². The second-order valence-corrected chi connectivity index (χ2v) is 7.22. The van der Waals surface area contributed by atoms with Crippen molar-refractivity contribution in [3.8, 4) is 11.5 Å². The van der Waals surface area contributed by atoms with Crippen molar-refractivity contribution in [3.63, 3.8) is 0 Å². The molecule has 0 aliphatic heterocycles. The molecule has 29 heavy (non-hydrogen) atoms. The number of amidine groups is 1. The molecule has 1 unspecified atom stereocenters. The molecule has 1 atom stereocenters. The van der Waals surface area contributed by atoms with Crippen LogP contribution < -0.4 is 15.2 Å². The lowest BCUT2D eigenvalue weighted by Gasteiger charge is -2.20. The smallest absolute Gasteiger partial charge is 0.279 e.